The lowest BCUT2D eigenvalue weighted by molar-refractivity contribution is -0.137. The van der Waals surface area contributed by atoms with Gasteiger partial charge in [0.05, 0.1) is 32.3 Å². The van der Waals surface area contributed by atoms with Crippen LogP contribution in [0.25, 0.3) is 11.0 Å². The first-order chi connectivity index (χ1) is 12.6. The standard InChI is InChI=1S/C17H20F3N3O3S/c1-16(2,3)27(24)23-14(13-9-25-6-7-26-13)15-21-11-5-4-10(17(18,19)20)8-12(11)22-15/h4-5,8-9,14,23H,6-7H2,1-3H3,(H,21,22)/t14-,27-/m0/s1. The fourth-order valence-corrected chi connectivity index (χ4v) is 3.20. The number of aromatic amines is 1. The first-order valence-corrected chi connectivity index (χ1v) is 9.40. The predicted octanol–water partition coefficient (Wildman–Crippen LogP) is 3.56. The molecule has 0 saturated carbocycles. The number of fused-ring (bicyclic) bond motifs is 1. The summed E-state index contributed by atoms with van der Waals surface area (Å²) in [6.45, 7) is 6.09. The molecule has 2 N–H and O–H groups in total. The number of hydrogen-bond acceptors (Lipinski definition) is 4. The van der Waals surface area contributed by atoms with Crippen molar-refractivity contribution in [3.63, 3.8) is 0 Å². The Morgan fingerprint density at radius 1 is 1.26 bits per heavy atom. The molecule has 1 aromatic carbocycles. The van der Waals surface area contributed by atoms with E-state index in [0.29, 0.717) is 30.3 Å². The van der Waals surface area contributed by atoms with E-state index in [1.165, 1.54) is 12.3 Å². The average molecular weight is 403 g/mol. The fraction of sp³-hybridized carbons (Fsp3) is 0.471. The van der Waals surface area contributed by atoms with Gasteiger partial charge in [0, 0.05) is 0 Å². The second-order valence-corrected chi connectivity index (χ2v) is 9.02. The van der Waals surface area contributed by atoms with E-state index in [0.717, 1.165) is 12.1 Å². The minimum atomic E-state index is -4.45. The van der Waals surface area contributed by atoms with Crippen LogP contribution in [-0.4, -0.2) is 32.1 Å². The molecule has 10 heteroatoms. The number of rotatable bonds is 4. The molecule has 3 rings (SSSR count). The van der Waals surface area contributed by atoms with Gasteiger partial charge >= 0.3 is 6.18 Å². The normalized spacial score (nSPS) is 17.8. The van der Waals surface area contributed by atoms with E-state index >= 15 is 0 Å². The molecule has 1 aromatic heterocycles. The topological polar surface area (TPSA) is 76.2 Å². The first-order valence-electron chi connectivity index (χ1n) is 8.25. The van der Waals surface area contributed by atoms with Crippen molar-refractivity contribution in [3.8, 4) is 0 Å². The zero-order valence-electron chi connectivity index (χ0n) is 15.0. The number of alkyl halides is 3. The van der Waals surface area contributed by atoms with E-state index < -0.39 is 33.5 Å². The molecule has 0 radical (unpaired) electrons. The number of aromatic nitrogens is 2. The number of hydrogen-bond donors (Lipinski definition) is 2. The van der Waals surface area contributed by atoms with Crippen molar-refractivity contribution in [1.29, 1.82) is 0 Å². The molecule has 2 aromatic rings. The van der Waals surface area contributed by atoms with Crippen LogP contribution in [0.1, 0.15) is 38.2 Å². The summed E-state index contributed by atoms with van der Waals surface area (Å²) in [4.78, 5) is 7.23. The zero-order chi connectivity index (χ0) is 19.8. The number of ether oxygens (including phenoxy) is 2. The molecule has 2 heterocycles. The Balaban J connectivity index is 2.00. The molecule has 0 saturated heterocycles. The molecule has 2 atom stereocenters. The van der Waals surface area contributed by atoms with E-state index in [2.05, 4.69) is 14.7 Å². The van der Waals surface area contributed by atoms with Crippen molar-refractivity contribution in [2.45, 2.75) is 37.7 Å². The molecule has 0 bridgehead atoms. The Kier molecular flexibility index (Phi) is 5.22. The van der Waals surface area contributed by atoms with Gasteiger partial charge in [0.2, 0.25) is 0 Å². The third kappa shape index (κ3) is 4.44. The third-order valence-electron chi connectivity index (χ3n) is 3.84. The molecular weight excluding hydrogens is 383 g/mol. The summed E-state index contributed by atoms with van der Waals surface area (Å²) in [5, 5.41) is 0. The fourth-order valence-electron chi connectivity index (χ4n) is 2.41. The van der Waals surface area contributed by atoms with Gasteiger partial charge in [0.25, 0.3) is 0 Å². The van der Waals surface area contributed by atoms with Gasteiger partial charge in [-0.3, -0.25) is 0 Å². The first kappa shape index (κ1) is 19.7. The van der Waals surface area contributed by atoms with Gasteiger partial charge in [0.15, 0.2) is 5.76 Å². The predicted molar refractivity (Wildman–Crippen MR) is 94.9 cm³/mol. The summed E-state index contributed by atoms with van der Waals surface area (Å²) < 4.78 is 64.6. The van der Waals surface area contributed by atoms with Crippen LogP contribution in [0.4, 0.5) is 13.2 Å². The number of imidazole rings is 1. The monoisotopic (exact) mass is 403 g/mol. The molecule has 27 heavy (non-hydrogen) atoms. The number of H-pyrrole nitrogens is 1. The van der Waals surface area contributed by atoms with Crippen LogP contribution in [0, 0.1) is 0 Å². The number of halogens is 3. The Morgan fingerprint density at radius 2 is 2.00 bits per heavy atom. The molecule has 0 spiro atoms. The van der Waals surface area contributed by atoms with Crippen LogP contribution in [0.15, 0.2) is 30.2 Å². The van der Waals surface area contributed by atoms with Gasteiger partial charge in [-0.2, -0.15) is 13.2 Å². The largest absolute Gasteiger partial charge is 0.494 e. The third-order valence-corrected chi connectivity index (χ3v) is 5.40. The highest BCUT2D eigenvalue weighted by molar-refractivity contribution is 7.84. The van der Waals surface area contributed by atoms with Gasteiger partial charge in [0.1, 0.15) is 31.3 Å². The number of benzene rings is 1. The van der Waals surface area contributed by atoms with Crippen molar-refractivity contribution >= 4 is 22.0 Å². The van der Waals surface area contributed by atoms with Gasteiger partial charge in [-0.15, -0.1) is 0 Å². The molecule has 1 aliphatic rings. The molecular formula is C17H20F3N3O3S. The lowest BCUT2D eigenvalue weighted by Gasteiger charge is -2.26. The number of nitrogens with one attached hydrogen (secondary N) is 2. The van der Waals surface area contributed by atoms with Crippen molar-refractivity contribution < 1.29 is 26.9 Å². The lowest BCUT2D eigenvalue weighted by atomic mass is 10.2. The second kappa shape index (κ2) is 7.16. The lowest BCUT2D eigenvalue weighted by Crippen LogP contribution is -2.37. The highest BCUT2D eigenvalue weighted by atomic mass is 32.2. The van der Waals surface area contributed by atoms with Crippen LogP contribution in [-0.2, 0) is 26.6 Å². The molecule has 148 valence electrons. The number of nitrogens with zero attached hydrogens (tertiary/aromatic N) is 1. The maximum atomic E-state index is 12.9. The smallest absolute Gasteiger partial charge is 0.416 e. The van der Waals surface area contributed by atoms with E-state index in [9.17, 15) is 17.4 Å². The summed E-state index contributed by atoms with van der Waals surface area (Å²) in [5.74, 6) is 0.646. The van der Waals surface area contributed by atoms with Crippen LogP contribution < -0.4 is 4.72 Å². The summed E-state index contributed by atoms with van der Waals surface area (Å²) in [7, 11) is -1.48. The van der Waals surface area contributed by atoms with Crippen molar-refractivity contribution in [2.24, 2.45) is 0 Å². The Hall–Kier alpha value is -2.07. The maximum absolute atomic E-state index is 12.9. The van der Waals surface area contributed by atoms with E-state index in [-0.39, 0.29) is 5.52 Å². The summed E-state index contributed by atoms with van der Waals surface area (Å²) in [6.07, 6.45) is -3.05. The Labute approximate surface area is 156 Å². The Morgan fingerprint density at radius 3 is 2.59 bits per heavy atom. The van der Waals surface area contributed by atoms with Gasteiger partial charge in [-0.1, -0.05) is 0 Å². The van der Waals surface area contributed by atoms with Crippen molar-refractivity contribution in [2.75, 3.05) is 13.2 Å². The Bertz CT molecular complexity index is 887. The van der Waals surface area contributed by atoms with Gasteiger partial charge in [-0.05, 0) is 39.0 Å². The summed E-state index contributed by atoms with van der Waals surface area (Å²) >= 11 is 0. The van der Waals surface area contributed by atoms with Crippen LogP contribution in [0.5, 0.6) is 0 Å². The molecule has 0 unspecified atom stereocenters. The minimum Gasteiger partial charge on any atom is -0.494 e. The molecule has 6 nitrogen and oxygen atoms in total. The van der Waals surface area contributed by atoms with Crippen LogP contribution in [0.2, 0.25) is 0 Å². The highest BCUT2D eigenvalue weighted by Gasteiger charge is 2.32. The van der Waals surface area contributed by atoms with Crippen molar-refractivity contribution in [1.82, 2.24) is 14.7 Å². The van der Waals surface area contributed by atoms with E-state index in [4.69, 9.17) is 9.47 Å². The molecule has 0 amide bonds. The summed E-state index contributed by atoms with van der Waals surface area (Å²) in [5.41, 5.74) is -0.182. The summed E-state index contributed by atoms with van der Waals surface area (Å²) in [6, 6.07) is 2.51. The van der Waals surface area contributed by atoms with Crippen LogP contribution in [0.3, 0.4) is 0 Å². The van der Waals surface area contributed by atoms with E-state index in [1.54, 1.807) is 20.8 Å². The molecule has 1 aliphatic heterocycles. The maximum Gasteiger partial charge on any atom is 0.416 e. The highest BCUT2D eigenvalue weighted by Crippen LogP contribution is 2.32. The quantitative estimate of drug-likeness (QED) is 0.819. The second-order valence-electron chi connectivity index (χ2n) is 7.02. The van der Waals surface area contributed by atoms with E-state index in [1.807, 2.05) is 0 Å². The van der Waals surface area contributed by atoms with Gasteiger partial charge in [-0.25, -0.2) is 13.9 Å². The minimum absolute atomic E-state index is 0.227. The van der Waals surface area contributed by atoms with Crippen LogP contribution >= 0.6 is 0 Å². The zero-order valence-corrected chi connectivity index (χ0v) is 15.8. The average Bonchev–Trinajstić information content (AvgIpc) is 3.01. The molecule has 0 fully saturated rings. The molecule has 0 aliphatic carbocycles. The van der Waals surface area contributed by atoms with Gasteiger partial charge < -0.3 is 14.5 Å². The van der Waals surface area contributed by atoms with Crippen molar-refractivity contribution in [3.05, 3.63) is 41.6 Å². The SMILES string of the molecule is CC(C)(C)[S@](=O)N[C@@H](C1=COCCO1)c1nc2ccc(C(F)(F)F)cc2[nH]1.